The van der Waals surface area contributed by atoms with Gasteiger partial charge in [0.25, 0.3) is 5.91 Å². The highest BCUT2D eigenvalue weighted by Crippen LogP contribution is 2.42. The smallest absolute Gasteiger partial charge is 0.251 e. The molecule has 0 saturated heterocycles. The Hall–Kier alpha value is -2.74. The molecule has 0 unspecified atom stereocenters. The predicted octanol–water partition coefficient (Wildman–Crippen LogP) is 6.77. The first kappa shape index (κ1) is 27.3. The number of hydrogen-bond donors (Lipinski definition) is 1. The summed E-state index contributed by atoms with van der Waals surface area (Å²) in [5.74, 6) is 0.550. The number of rotatable bonds is 8. The normalized spacial score (nSPS) is 16.4. The number of nitrogens with one attached hydrogen (secondary N) is 1. The molecule has 0 bridgehead atoms. The monoisotopic (exact) mass is 560 g/mol. The minimum absolute atomic E-state index is 0.0299. The largest absolute Gasteiger partial charge is 0.487 e. The molecule has 0 fully saturated rings. The molecule has 6 nitrogen and oxygen atoms in total. The fourth-order valence-corrected chi connectivity index (χ4v) is 6.06. The molecule has 3 aromatic carbocycles. The second kappa shape index (κ2) is 10.9. The molecule has 1 aliphatic rings. The molecule has 0 radical (unpaired) electrons. The van der Waals surface area contributed by atoms with Crippen LogP contribution in [0.3, 0.4) is 0 Å². The van der Waals surface area contributed by atoms with Crippen molar-refractivity contribution in [1.82, 2.24) is 5.32 Å². The fraction of sp³-hybridized carbons (Fsp3) is 0.321. The first-order chi connectivity index (χ1) is 17.6. The lowest BCUT2D eigenvalue weighted by Gasteiger charge is -2.41. The average molecular weight is 562 g/mol. The van der Waals surface area contributed by atoms with Crippen LogP contribution in [0.15, 0.2) is 66.7 Å². The SMILES string of the molecule is CCC1(CC)C[C@H](NC(=O)c2ccc(N(Cc3c(Cl)cccc3Cl)S(C)(=O)=O)cc2)c2ccccc2O1. The maximum Gasteiger partial charge on any atom is 0.251 e. The Bertz CT molecular complexity index is 1370. The van der Waals surface area contributed by atoms with Gasteiger partial charge in [0.15, 0.2) is 0 Å². The Labute approximate surface area is 228 Å². The summed E-state index contributed by atoms with van der Waals surface area (Å²) in [5, 5.41) is 3.92. The number of benzene rings is 3. The van der Waals surface area contributed by atoms with Crippen molar-refractivity contribution in [1.29, 1.82) is 0 Å². The summed E-state index contributed by atoms with van der Waals surface area (Å²) >= 11 is 12.6. The van der Waals surface area contributed by atoms with E-state index in [0.29, 0.717) is 33.3 Å². The summed E-state index contributed by atoms with van der Waals surface area (Å²) in [4.78, 5) is 13.3. The molecule has 0 saturated carbocycles. The van der Waals surface area contributed by atoms with Gasteiger partial charge in [-0.2, -0.15) is 0 Å². The van der Waals surface area contributed by atoms with Crippen molar-refractivity contribution in [3.63, 3.8) is 0 Å². The van der Waals surface area contributed by atoms with E-state index in [1.807, 2.05) is 24.3 Å². The zero-order valence-corrected chi connectivity index (χ0v) is 23.3. The van der Waals surface area contributed by atoms with Crippen LogP contribution in [0.2, 0.25) is 10.0 Å². The number of fused-ring (bicyclic) bond motifs is 1. The Balaban J connectivity index is 1.57. The molecule has 1 amide bonds. The fourth-order valence-electron chi connectivity index (χ4n) is 4.68. The van der Waals surface area contributed by atoms with E-state index in [2.05, 4.69) is 19.2 Å². The van der Waals surface area contributed by atoms with Crippen LogP contribution < -0.4 is 14.4 Å². The van der Waals surface area contributed by atoms with E-state index in [4.69, 9.17) is 27.9 Å². The standard InChI is InChI=1S/C28H30Cl2N2O4S/c1-4-28(5-2)17-25(21-9-6-7-12-26(21)36-28)31-27(33)19-13-15-20(16-14-19)32(37(3,34)35)18-22-23(29)10-8-11-24(22)30/h6-16,25H,4-5,17-18H2,1-3H3,(H,31,33)/t25-/m0/s1. The van der Waals surface area contributed by atoms with Crippen LogP contribution in [0.1, 0.15) is 60.6 Å². The van der Waals surface area contributed by atoms with Gasteiger partial charge in [0.2, 0.25) is 10.0 Å². The molecule has 196 valence electrons. The minimum atomic E-state index is -3.66. The summed E-state index contributed by atoms with van der Waals surface area (Å²) in [6.45, 7) is 4.16. The molecule has 0 aromatic heterocycles. The van der Waals surface area contributed by atoms with Gasteiger partial charge in [-0.25, -0.2) is 8.42 Å². The predicted molar refractivity (Wildman–Crippen MR) is 149 cm³/mol. The number of sulfonamides is 1. The van der Waals surface area contributed by atoms with Crippen molar-refractivity contribution < 1.29 is 17.9 Å². The summed E-state index contributed by atoms with van der Waals surface area (Å²) in [7, 11) is -3.66. The third-order valence-corrected chi connectivity index (χ3v) is 8.82. The van der Waals surface area contributed by atoms with E-state index in [-0.39, 0.29) is 24.1 Å². The molecule has 0 aliphatic carbocycles. The topological polar surface area (TPSA) is 75.7 Å². The van der Waals surface area contributed by atoms with Crippen molar-refractivity contribution in [3.05, 3.63) is 93.5 Å². The molecule has 4 rings (SSSR count). The Morgan fingerprint density at radius 2 is 1.62 bits per heavy atom. The van der Waals surface area contributed by atoms with Gasteiger partial charge in [0, 0.05) is 33.2 Å². The first-order valence-corrected chi connectivity index (χ1v) is 14.8. The molecule has 1 aliphatic heterocycles. The number of nitrogens with zero attached hydrogens (tertiary/aromatic N) is 1. The Kier molecular flexibility index (Phi) is 8.07. The van der Waals surface area contributed by atoms with Crippen molar-refractivity contribution in [2.24, 2.45) is 0 Å². The minimum Gasteiger partial charge on any atom is -0.487 e. The van der Waals surface area contributed by atoms with E-state index in [0.717, 1.165) is 30.4 Å². The Morgan fingerprint density at radius 1 is 1.00 bits per heavy atom. The maximum absolute atomic E-state index is 13.3. The van der Waals surface area contributed by atoms with E-state index in [9.17, 15) is 13.2 Å². The summed E-state index contributed by atoms with van der Waals surface area (Å²) in [6.07, 6.45) is 3.45. The molecule has 1 atom stereocenters. The van der Waals surface area contributed by atoms with Gasteiger partial charge in [0.1, 0.15) is 11.4 Å². The number of amides is 1. The quantitative estimate of drug-likeness (QED) is 0.329. The van der Waals surface area contributed by atoms with Crippen molar-refractivity contribution >= 4 is 44.8 Å². The maximum atomic E-state index is 13.3. The lowest BCUT2D eigenvalue weighted by Crippen LogP contribution is -2.44. The third kappa shape index (κ3) is 5.89. The highest BCUT2D eigenvalue weighted by molar-refractivity contribution is 7.92. The van der Waals surface area contributed by atoms with Crippen LogP contribution in [0.25, 0.3) is 0 Å². The van der Waals surface area contributed by atoms with Gasteiger partial charge >= 0.3 is 0 Å². The third-order valence-electron chi connectivity index (χ3n) is 6.97. The number of ether oxygens (including phenoxy) is 1. The number of para-hydroxylation sites is 1. The highest BCUT2D eigenvalue weighted by Gasteiger charge is 2.39. The van der Waals surface area contributed by atoms with Crippen molar-refractivity contribution in [2.75, 3.05) is 10.6 Å². The molecule has 1 heterocycles. The number of carbonyl (C=O) groups is 1. The van der Waals surface area contributed by atoms with Crippen LogP contribution >= 0.6 is 23.2 Å². The highest BCUT2D eigenvalue weighted by atomic mass is 35.5. The van der Waals surface area contributed by atoms with E-state index in [1.165, 1.54) is 4.31 Å². The average Bonchev–Trinajstić information content (AvgIpc) is 2.87. The van der Waals surface area contributed by atoms with Crippen LogP contribution in [0, 0.1) is 0 Å². The van der Waals surface area contributed by atoms with Gasteiger partial charge in [-0.15, -0.1) is 0 Å². The van der Waals surface area contributed by atoms with Gasteiger partial charge < -0.3 is 10.1 Å². The second-order valence-corrected chi connectivity index (χ2v) is 12.0. The van der Waals surface area contributed by atoms with Crippen LogP contribution in [0.4, 0.5) is 5.69 Å². The zero-order valence-electron chi connectivity index (χ0n) is 21.0. The molecular formula is C28H30Cl2N2O4S. The number of hydrogen-bond acceptors (Lipinski definition) is 4. The molecule has 3 aromatic rings. The van der Waals surface area contributed by atoms with Gasteiger partial charge in [-0.1, -0.05) is 61.3 Å². The van der Waals surface area contributed by atoms with Crippen LogP contribution in [-0.4, -0.2) is 26.2 Å². The first-order valence-electron chi connectivity index (χ1n) is 12.2. The van der Waals surface area contributed by atoms with E-state index >= 15 is 0 Å². The Morgan fingerprint density at radius 3 is 2.22 bits per heavy atom. The summed E-state index contributed by atoms with van der Waals surface area (Å²) in [6, 6.07) is 19.1. The van der Waals surface area contributed by atoms with Crippen LogP contribution in [0.5, 0.6) is 5.75 Å². The molecule has 9 heteroatoms. The van der Waals surface area contributed by atoms with E-state index < -0.39 is 10.0 Å². The van der Waals surface area contributed by atoms with Crippen LogP contribution in [-0.2, 0) is 16.6 Å². The number of halogens is 2. The second-order valence-electron chi connectivity index (χ2n) is 9.28. The number of carbonyl (C=O) groups excluding carboxylic acids is 1. The lowest BCUT2D eigenvalue weighted by atomic mass is 9.83. The van der Waals surface area contributed by atoms with Crippen molar-refractivity contribution in [2.45, 2.75) is 51.3 Å². The van der Waals surface area contributed by atoms with Crippen molar-refractivity contribution in [3.8, 4) is 5.75 Å². The zero-order chi connectivity index (χ0) is 26.8. The van der Waals surface area contributed by atoms with Gasteiger partial charge in [-0.3, -0.25) is 9.10 Å². The lowest BCUT2D eigenvalue weighted by molar-refractivity contribution is 0.0227. The van der Waals surface area contributed by atoms with Gasteiger partial charge in [-0.05, 0) is 55.3 Å². The molecule has 0 spiro atoms. The number of anilines is 1. The van der Waals surface area contributed by atoms with E-state index in [1.54, 1.807) is 42.5 Å². The molecule has 37 heavy (non-hydrogen) atoms. The summed E-state index contributed by atoms with van der Waals surface area (Å²) < 4.78 is 32.8. The summed E-state index contributed by atoms with van der Waals surface area (Å²) in [5.41, 5.74) is 1.95. The van der Waals surface area contributed by atoms with Gasteiger partial charge in [0.05, 0.1) is 24.5 Å². The molecule has 1 N–H and O–H groups in total. The molecular weight excluding hydrogens is 531 g/mol.